The molecule has 20 heavy (non-hydrogen) atoms. The van der Waals surface area contributed by atoms with Crippen LogP contribution in [0.3, 0.4) is 0 Å². The monoisotopic (exact) mass is 274 g/mol. The van der Waals surface area contributed by atoms with E-state index in [2.05, 4.69) is 49.3 Å². The van der Waals surface area contributed by atoms with E-state index >= 15 is 0 Å². The number of likely N-dealkylation sites (N-methyl/N-ethyl adjacent to an activating group) is 1. The van der Waals surface area contributed by atoms with E-state index in [1.807, 2.05) is 0 Å². The highest BCUT2D eigenvalue weighted by Gasteiger charge is 2.40. The fraction of sp³-hybridized carbons (Fsp3) is 0.647. The Balaban J connectivity index is 1.85. The molecule has 0 bridgehead atoms. The van der Waals surface area contributed by atoms with Crippen molar-refractivity contribution in [2.75, 3.05) is 27.2 Å². The van der Waals surface area contributed by atoms with Crippen LogP contribution < -0.4 is 10.1 Å². The van der Waals surface area contributed by atoms with Gasteiger partial charge in [0, 0.05) is 18.6 Å². The third-order valence-electron chi connectivity index (χ3n) is 4.99. The van der Waals surface area contributed by atoms with Gasteiger partial charge in [-0.2, -0.15) is 0 Å². The summed E-state index contributed by atoms with van der Waals surface area (Å²) in [5, 5.41) is 3.53. The van der Waals surface area contributed by atoms with Crippen LogP contribution >= 0.6 is 0 Å². The molecule has 2 unspecified atom stereocenters. The molecule has 1 saturated heterocycles. The Morgan fingerprint density at radius 2 is 2.15 bits per heavy atom. The normalized spacial score (nSPS) is 28.6. The van der Waals surface area contributed by atoms with Gasteiger partial charge in [-0.05, 0) is 55.1 Å². The molecule has 3 rings (SSSR count). The number of nitrogens with one attached hydrogen (secondary N) is 1. The summed E-state index contributed by atoms with van der Waals surface area (Å²) in [6.07, 6.45) is 2.46. The molecule has 1 aromatic carbocycles. The summed E-state index contributed by atoms with van der Waals surface area (Å²) in [6, 6.07) is 7.54. The summed E-state index contributed by atoms with van der Waals surface area (Å²) in [4.78, 5) is 2.67. The lowest BCUT2D eigenvalue weighted by atomic mass is 9.93. The van der Waals surface area contributed by atoms with Crippen LogP contribution in [0, 0.1) is 5.41 Å². The van der Waals surface area contributed by atoms with Crippen molar-refractivity contribution in [3.8, 4) is 5.75 Å². The van der Waals surface area contributed by atoms with Crippen LogP contribution in [0.15, 0.2) is 18.2 Å². The quantitative estimate of drug-likeness (QED) is 0.917. The van der Waals surface area contributed by atoms with E-state index in [1.165, 1.54) is 30.6 Å². The number of hydrogen-bond donors (Lipinski definition) is 1. The van der Waals surface area contributed by atoms with E-state index in [1.54, 1.807) is 7.11 Å². The van der Waals surface area contributed by atoms with E-state index < -0.39 is 0 Å². The molecule has 1 aliphatic carbocycles. The summed E-state index contributed by atoms with van der Waals surface area (Å²) in [6.45, 7) is 7.20. The molecule has 1 heterocycles. The number of hydrogen-bond acceptors (Lipinski definition) is 3. The highest BCUT2D eigenvalue weighted by molar-refractivity contribution is 5.43. The average molecular weight is 274 g/mol. The second-order valence-corrected chi connectivity index (χ2v) is 6.99. The fourth-order valence-corrected chi connectivity index (χ4v) is 3.85. The van der Waals surface area contributed by atoms with Crippen LogP contribution in [-0.2, 0) is 6.42 Å². The fourth-order valence-electron chi connectivity index (χ4n) is 3.85. The maximum absolute atomic E-state index is 5.38. The van der Waals surface area contributed by atoms with E-state index in [4.69, 9.17) is 4.74 Å². The van der Waals surface area contributed by atoms with Crippen LogP contribution in [0.1, 0.15) is 37.4 Å². The lowest BCUT2D eigenvalue weighted by Crippen LogP contribution is -2.41. The Morgan fingerprint density at radius 3 is 2.75 bits per heavy atom. The van der Waals surface area contributed by atoms with Gasteiger partial charge < -0.3 is 10.1 Å². The van der Waals surface area contributed by atoms with Gasteiger partial charge in [0.15, 0.2) is 0 Å². The number of methoxy groups -OCH3 is 1. The second kappa shape index (κ2) is 5.05. The predicted octanol–water partition coefficient (Wildman–Crippen LogP) is 2.61. The summed E-state index contributed by atoms with van der Waals surface area (Å²) < 4.78 is 5.38. The van der Waals surface area contributed by atoms with Gasteiger partial charge in [0.25, 0.3) is 0 Å². The lowest BCUT2D eigenvalue weighted by molar-refractivity contribution is 0.188. The van der Waals surface area contributed by atoms with Crippen LogP contribution in [0.2, 0.25) is 0 Å². The van der Waals surface area contributed by atoms with Crippen molar-refractivity contribution in [2.24, 2.45) is 5.41 Å². The maximum Gasteiger partial charge on any atom is 0.119 e. The number of benzene rings is 1. The van der Waals surface area contributed by atoms with Gasteiger partial charge in [0.2, 0.25) is 0 Å². The van der Waals surface area contributed by atoms with Gasteiger partial charge in [-0.1, -0.05) is 19.9 Å². The summed E-state index contributed by atoms with van der Waals surface area (Å²) >= 11 is 0. The molecule has 0 aromatic heterocycles. The van der Waals surface area contributed by atoms with Crippen LogP contribution in [0.5, 0.6) is 5.75 Å². The maximum atomic E-state index is 5.38. The standard InChI is InChI=1S/C17H26N2O/c1-17(2)7-8-19(11-17)15-9-12-5-6-13(20-4)10-14(12)16(15)18-3/h5-6,10,15-16,18H,7-9,11H2,1-4H3. The molecule has 1 fully saturated rings. The molecule has 2 aliphatic rings. The molecule has 0 spiro atoms. The van der Waals surface area contributed by atoms with Crippen molar-refractivity contribution >= 4 is 0 Å². The third-order valence-corrected chi connectivity index (χ3v) is 4.99. The Kier molecular flexibility index (Phi) is 3.51. The zero-order chi connectivity index (χ0) is 14.3. The molecule has 1 aromatic rings. The second-order valence-electron chi connectivity index (χ2n) is 6.99. The van der Waals surface area contributed by atoms with Crippen LogP contribution in [0.25, 0.3) is 0 Å². The van der Waals surface area contributed by atoms with Gasteiger partial charge >= 0.3 is 0 Å². The van der Waals surface area contributed by atoms with Gasteiger partial charge in [-0.15, -0.1) is 0 Å². The van der Waals surface area contributed by atoms with Gasteiger partial charge in [-0.3, -0.25) is 4.90 Å². The van der Waals surface area contributed by atoms with Crippen molar-refractivity contribution in [1.82, 2.24) is 10.2 Å². The van der Waals surface area contributed by atoms with Gasteiger partial charge in [-0.25, -0.2) is 0 Å². The Morgan fingerprint density at radius 1 is 1.35 bits per heavy atom. The summed E-state index contributed by atoms with van der Waals surface area (Å²) in [5.41, 5.74) is 3.35. The summed E-state index contributed by atoms with van der Waals surface area (Å²) in [7, 11) is 3.82. The average Bonchev–Trinajstić information content (AvgIpc) is 2.97. The minimum atomic E-state index is 0.425. The molecule has 0 radical (unpaired) electrons. The van der Waals surface area contributed by atoms with Crippen molar-refractivity contribution in [2.45, 2.75) is 38.8 Å². The van der Waals surface area contributed by atoms with Crippen molar-refractivity contribution in [3.63, 3.8) is 0 Å². The number of likely N-dealkylation sites (tertiary alicyclic amines) is 1. The van der Waals surface area contributed by atoms with Gasteiger partial charge in [0.1, 0.15) is 5.75 Å². The largest absolute Gasteiger partial charge is 0.497 e. The molecule has 0 amide bonds. The lowest BCUT2D eigenvalue weighted by Gasteiger charge is -2.30. The first-order chi connectivity index (χ1) is 9.54. The van der Waals surface area contributed by atoms with E-state index in [-0.39, 0.29) is 0 Å². The Labute approximate surface area is 122 Å². The van der Waals surface area contributed by atoms with Gasteiger partial charge in [0.05, 0.1) is 7.11 Å². The van der Waals surface area contributed by atoms with Crippen molar-refractivity contribution < 1.29 is 4.74 Å². The molecule has 3 nitrogen and oxygen atoms in total. The van der Waals surface area contributed by atoms with E-state index in [0.717, 1.165) is 12.2 Å². The molecule has 2 atom stereocenters. The number of rotatable bonds is 3. The Bertz CT molecular complexity index is 498. The first-order valence-corrected chi connectivity index (χ1v) is 7.62. The number of ether oxygens (including phenoxy) is 1. The molecule has 1 N–H and O–H groups in total. The number of fused-ring (bicyclic) bond motifs is 1. The molecule has 110 valence electrons. The van der Waals surface area contributed by atoms with E-state index in [9.17, 15) is 0 Å². The van der Waals surface area contributed by atoms with Crippen molar-refractivity contribution in [1.29, 1.82) is 0 Å². The SMILES string of the molecule is CNC1c2cc(OC)ccc2CC1N1CCC(C)(C)C1. The van der Waals surface area contributed by atoms with Crippen molar-refractivity contribution in [3.05, 3.63) is 29.3 Å². The first kappa shape index (κ1) is 13.9. The minimum Gasteiger partial charge on any atom is -0.497 e. The summed E-state index contributed by atoms with van der Waals surface area (Å²) in [5.74, 6) is 0.964. The topological polar surface area (TPSA) is 24.5 Å². The zero-order valence-electron chi connectivity index (χ0n) is 13.1. The predicted molar refractivity (Wildman–Crippen MR) is 82.3 cm³/mol. The van der Waals surface area contributed by atoms with Crippen LogP contribution in [-0.4, -0.2) is 38.2 Å². The molecule has 0 saturated carbocycles. The third kappa shape index (κ3) is 2.33. The first-order valence-electron chi connectivity index (χ1n) is 7.62. The van der Waals surface area contributed by atoms with Crippen LogP contribution in [0.4, 0.5) is 0 Å². The smallest absolute Gasteiger partial charge is 0.119 e. The zero-order valence-corrected chi connectivity index (χ0v) is 13.1. The molecule has 3 heteroatoms. The number of nitrogens with zero attached hydrogens (tertiary/aromatic N) is 1. The highest BCUT2D eigenvalue weighted by atomic mass is 16.5. The minimum absolute atomic E-state index is 0.425. The van der Waals surface area contributed by atoms with E-state index in [0.29, 0.717) is 17.5 Å². The molecular formula is C17H26N2O. The molecular weight excluding hydrogens is 248 g/mol. The highest BCUT2D eigenvalue weighted by Crippen LogP contribution is 2.40. The Hall–Kier alpha value is -1.06. The molecule has 1 aliphatic heterocycles.